The van der Waals surface area contributed by atoms with E-state index in [9.17, 15) is 18.0 Å². The van der Waals surface area contributed by atoms with Crippen LogP contribution in [0.25, 0.3) is 0 Å². The molecule has 0 unspecified atom stereocenters. The van der Waals surface area contributed by atoms with Gasteiger partial charge in [-0.3, -0.25) is 9.59 Å². The summed E-state index contributed by atoms with van der Waals surface area (Å²) in [7, 11) is -3.92. The number of nitrogens with one attached hydrogen (secondary N) is 1. The van der Waals surface area contributed by atoms with Crippen molar-refractivity contribution in [1.29, 1.82) is 0 Å². The summed E-state index contributed by atoms with van der Waals surface area (Å²) in [5, 5.41) is 6.30. The molecule has 0 saturated heterocycles. The van der Waals surface area contributed by atoms with E-state index in [1.807, 2.05) is 19.9 Å². The van der Waals surface area contributed by atoms with E-state index in [2.05, 4.69) is 26.3 Å². The Morgan fingerprint density at radius 3 is 2.28 bits per heavy atom. The number of anilines is 1. The SMILES string of the molecule is Cc1cc(C)cc(NC(=O)Cn2nc(S(=O)(=O)c3ccc(Br)cc3)ccc2=O)c1. The number of aromatic nitrogens is 2. The summed E-state index contributed by atoms with van der Waals surface area (Å²) in [6.07, 6.45) is 0. The highest BCUT2D eigenvalue weighted by atomic mass is 79.9. The summed E-state index contributed by atoms with van der Waals surface area (Å²) in [6, 6.07) is 13.9. The van der Waals surface area contributed by atoms with Gasteiger partial charge in [-0.15, -0.1) is 0 Å². The maximum atomic E-state index is 12.8. The summed E-state index contributed by atoms with van der Waals surface area (Å²) < 4.78 is 27.1. The third-order valence-corrected chi connectivity index (χ3v) is 6.23. The second kappa shape index (κ2) is 8.30. The molecule has 0 fully saturated rings. The Kier molecular flexibility index (Phi) is 5.99. The number of nitrogens with zero attached hydrogens (tertiary/aromatic N) is 2. The van der Waals surface area contributed by atoms with Crippen LogP contribution in [0.4, 0.5) is 5.69 Å². The number of carbonyl (C=O) groups is 1. The fourth-order valence-electron chi connectivity index (χ4n) is 2.80. The zero-order valence-corrected chi connectivity index (χ0v) is 18.1. The van der Waals surface area contributed by atoms with Crippen molar-refractivity contribution in [2.75, 3.05) is 5.32 Å². The van der Waals surface area contributed by atoms with Crippen LogP contribution in [0, 0.1) is 13.8 Å². The van der Waals surface area contributed by atoms with Crippen LogP contribution in [0.1, 0.15) is 11.1 Å². The Labute approximate surface area is 176 Å². The largest absolute Gasteiger partial charge is 0.324 e. The number of rotatable bonds is 5. The Morgan fingerprint density at radius 2 is 1.66 bits per heavy atom. The van der Waals surface area contributed by atoms with Gasteiger partial charge in [-0.25, -0.2) is 13.1 Å². The normalized spacial score (nSPS) is 11.3. The summed E-state index contributed by atoms with van der Waals surface area (Å²) in [5.74, 6) is -0.484. The Morgan fingerprint density at radius 1 is 1.03 bits per heavy atom. The number of hydrogen-bond donors (Lipinski definition) is 1. The summed E-state index contributed by atoms with van der Waals surface area (Å²) in [5.41, 5.74) is 1.99. The van der Waals surface area contributed by atoms with E-state index in [-0.39, 0.29) is 9.92 Å². The molecule has 3 aromatic rings. The molecule has 0 saturated carbocycles. The molecule has 1 amide bonds. The Hall–Kier alpha value is -2.78. The molecule has 0 aliphatic rings. The first-order valence-corrected chi connectivity index (χ1v) is 10.9. The van der Waals surface area contributed by atoms with Crippen LogP contribution in [0.3, 0.4) is 0 Å². The minimum atomic E-state index is -3.92. The second-order valence-corrected chi connectivity index (χ2v) is 9.36. The third kappa shape index (κ3) is 4.99. The molecular weight excluding hydrogens is 458 g/mol. The fourth-order valence-corrected chi connectivity index (χ4v) is 4.26. The topological polar surface area (TPSA) is 98.1 Å². The van der Waals surface area contributed by atoms with Crippen molar-refractivity contribution in [2.24, 2.45) is 0 Å². The lowest BCUT2D eigenvalue weighted by molar-refractivity contribution is -0.117. The number of aryl methyl sites for hydroxylation is 2. The predicted molar refractivity (Wildman–Crippen MR) is 113 cm³/mol. The maximum Gasteiger partial charge on any atom is 0.267 e. The third-order valence-electron chi connectivity index (χ3n) is 4.04. The minimum absolute atomic E-state index is 0.0399. The van der Waals surface area contributed by atoms with E-state index in [4.69, 9.17) is 0 Å². The smallest absolute Gasteiger partial charge is 0.267 e. The van der Waals surface area contributed by atoms with Crippen molar-refractivity contribution in [1.82, 2.24) is 9.78 Å². The molecule has 0 spiro atoms. The van der Waals surface area contributed by atoms with Crippen molar-refractivity contribution >= 4 is 37.4 Å². The minimum Gasteiger partial charge on any atom is -0.324 e. The second-order valence-electron chi connectivity index (χ2n) is 6.55. The van der Waals surface area contributed by atoms with Gasteiger partial charge >= 0.3 is 0 Å². The molecule has 3 rings (SSSR count). The first-order chi connectivity index (χ1) is 13.6. The van der Waals surface area contributed by atoms with E-state index in [0.29, 0.717) is 5.69 Å². The van der Waals surface area contributed by atoms with Gasteiger partial charge < -0.3 is 5.32 Å². The zero-order valence-electron chi connectivity index (χ0n) is 15.7. The molecule has 1 aromatic heterocycles. The molecule has 2 aromatic carbocycles. The number of halogens is 1. The molecule has 150 valence electrons. The van der Waals surface area contributed by atoms with Crippen LogP contribution >= 0.6 is 15.9 Å². The van der Waals surface area contributed by atoms with Crippen molar-refractivity contribution in [3.8, 4) is 0 Å². The van der Waals surface area contributed by atoms with Gasteiger partial charge in [0.25, 0.3) is 5.56 Å². The van der Waals surface area contributed by atoms with Gasteiger partial charge in [-0.2, -0.15) is 5.10 Å². The van der Waals surface area contributed by atoms with Gasteiger partial charge in [0.2, 0.25) is 15.7 Å². The standard InChI is InChI=1S/C20H18BrN3O4S/c1-13-9-14(2)11-16(10-13)22-18(25)12-24-20(26)8-7-19(23-24)29(27,28)17-5-3-15(21)4-6-17/h3-11H,12H2,1-2H3,(H,22,25). The zero-order chi connectivity index (χ0) is 21.2. The Balaban J connectivity index is 1.86. The van der Waals surface area contributed by atoms with Crippen LogP contribution in [0.15, 0.2) is 73.8 Å². The quantitative estimate of drug-likeness (QED) is 0.611. The lowest BCUT2D eigenvalue weighted by Gasteiger charge is -2.10. The summed E-state index contributed by atoms with van der Waals surface area (Å²) >= 11 is 3.25. The molecule has 1 heterocycles. The number of hydrogen-bond acceptors (Lipinski definition) is 5. The van der Waals surface area contributed by atoms with Gasteiger partial charge in [0.15, 0.2) is 5.03 Å². The fraction of sp³-hybridized carbons (Fsp3) is 0.150. The Bertz CT molecular complexity index is 1220. The van der Waals surface area contributed by atoms with Crippen molar-refractivity contribution in [3.05, 3.63) is 80.6 Å². The summed E-state index contributed by atoms with van der Waals surface area (Å²) in [6.45, 7) is 3.41. The maximum absolute atomic E-state index is 12.8. The number of sulfone groups is 1. The number of benzene rings is 2. The van der Waals surface area contributed by atoms with E-state index >= 15 is 0 Å². The summed E-state index contributed by atoms with van der Waals surface area (Å²) in [4.78, 5) is 24.5. The molecule has 0 aliphatic heterocycles. The molecule has 0 radical (unpaired) electrons. The van der Waals surface area contributed by atoms with E-state index in [0.717, 1.165) is 32.4 Å². The van der Waals surface area contributed by atoms with Crippen LogP contribution in [-0.4, -0.2) is 24.1 Å². The highest BCUT2D eigenvalue weighted by Gasteiger charge is 2.21. The predicted octanol–water partition coefficient (Wildman–Crippen LogP) is 3.09. The lowest BCUT2D eigenvalue weighted by Crippen LogP contribution is -2.30. The molecule has 0 bridgehead atoms. The number of amides is 1. The molecular formula is C20H18BrN3O4S. The first kappa shape index (κ1) is 20.9. The highest BCUT2D eigenvalue weighted by molar-refractivity contribution is 9.10. The molecule has 29 heavy (non-hydrogen) atoms. The van der Waals surface area contributed by atoms with Gasteiger partial charge in [-0.1, -0.05) is 22.0 Å². The number of carbonyl (C=O) groups excluding carboxylic acids is 1. The average Bonchev–Trinajstić information content (AvgIpc) is 2.63. The molecule has 0 aliphatic carbocycles. The van der Waals surface area contributed by atoms with Crippen LogP contribution in [-0.2, 0) is 21.2 Å². The molecule has 7 nitrogen and oxygen atoms in total. The van der Waals surface area contributed by atoms with E-state index < -0.39 is 27.8 Å². The van der Waals surface area contributed by atoms with Crippen LogP contribution in [0.2, 0.25) is 0 Å². The molecule has 1 N–H and O–H groups in total. The van der Waals surface area contributed by atoms with Gasteiger partial charge in [0.05, 0.1) is 4.90 Å². The van der Waals surface area contributed by atoms with E-state index in [1.54, 1.807) is 24.3 Å². The van der Waals surface area contributed by atoms with Gasteiger partial charge in [-0.05, 0) is 67.4 Å². The van der Waals surface area contributed by atoms with Gasteiger partial charge in [0.1, 0.15) is 6.54 Å². The van der Waals surface area contributed by atoms with Crippen molar-refractivity contribution in [2.45, 2.75) is 30.3 Å². The monoisotopic (exact) mass is 475 g/mol. The van der Waals surface area contributed by atoms with E-state index in [1.165, 1.54) is 12.1 Å². The average molecular weight is 476 g/mol. The van der Waals surface area contributed by atoms with Gasteiger partial charge in [0, 0.05) is 16.2 Å². The van der Waals surface area contributed by atoms with Crippen molar-refractivity contribution < 1.29 is 13.2 Å². The van der Waals surface area contributed by atoms with Crippen molar-refractivity contribution in [3.63, 3.8) is 0 Å². The molecule has 9 heteroatoms. The first-order valence-electron chi connectivity index (χ1n) is 8.62. The van der Waals surface area contributed by atoms with Crippen LogP contribution in [0.5, 0.6) is 0 Å². The lowest BCUT2D eigenvalue weighted by atomic mass is 10.1. The molecule has 0 atom stereocenters. The van der Waals surface area contributed by atoms with Crippen LogP contribution < -0.4 is 10.9 Å². The highest BCUT2D eigenvalue weighted by Crippen LogP contribution is 2.20.